The quantitative estimate of drug-likeness (QED) is 0.355. The van der Waals surface area contributed by atoms with Crippen LogP contribution in [0.25, 0.3) is 0 Å². The van der Waals surface area contributed by atoms with E-state index in [-0.39, 0.29) is 24.9 Å². The molecule has 0 saturated carbocycles. The first-order valence-corrected chi connectivity index (χ1v) is 12.5. The normalized spacial score (nSPS) is 16.4. The third-order valence-electron chi connectivity index (χ3n) is 6.40. The number of amides is 3. The SMILES string of the molecule is Cc1cccc(CN2C(=O)O[C@@H](c3ccc(NC(=O)c4cccnc4)cc3)[C@H]2C(=O)NCc2cccnc2)c1. The summed E-state index contributed by atoms with van der Waals surface area (Å²) >= 11 is 0. The number of nitrogens with zero attached hydrogens (tertiary/aromatic N) is 3. The van der Waals surface area contributed by atoms with Crippen LogP contribution < -0.4 is 10.6 Å². The van der Waals surface area contributed by atoms with Gasteiger partial charge in [-0.2, -0.15) is 0 Å². The number of hydrogen-bond acceptors (Lipinski definition) is 6. The van der Waals surface area contributed by atoms with E-state index in [0.29, 0.717) is 16.8 Å². The fourth-order valence-electron chi connectivity index (χ4n) is 4.47. The zero-order chi connectivity index (χ0) is 27.2. The molecular weight excluding hydrogens is 494 g/mol. The largest absolute Gasteiger partial charge is 0.438 e. The molecule has 0 bridgehead atoms. The standard InChI is InChI=1S/C30H27N5O4/c1-20-5-2-6-21(15-20)19-35-26(29(37)33-17-22-7-3-13-31-16-22)27(39-30(35)38)23-9-11-25(12-10-23)34-28(36)24-8-4-14-32-18-24/h2-16,18,26-27H,17,19H2,1H3,(H,33,37)(H,34,36)/t26-,27-/m0/s1. The van der Waals surface area contributed by atoms with Gasteiger partial charge in [0.1, 0.15) is 0 Å². The molecule has 2 N–H and O–H groups in total. The number of cyclic esters (lactones) is 1. The predicted octanol–water partition coefficient (Wildman–Crippen LogP) is 4.42. The predicted molar refractivity (Wildman–Crippen MR) is 144 cm³/mol. The van der Waals surface area contributed by atoms with Crippen molar-refractivity contribution in [3.05, 3.63) is 125 Å². The Balaban J connectivity index is 1.37. The number of ether oxygens (including phenoxy) is 1. The van der Waals surface area contributed by atoms with Crippen LogP contribution in [-0.2, 0) is 22.6 Å². The lowest BCUT2D eigenvalue weighted by Crippen LogP contribution is -2.46. The number of carbonyl (C=O) groups is 3. The van der Waals surface area contributed by atoms with E-state index in [1.807, 2.05) is 37.3 Å². The molecular formula is C30H27N5O4. The summed E-state index contributed by atoms with van der Waals surface area (Å²) < 4.78 is 5.76. The highest BCUT2D eigenvalue weighted by Gasteiger charge is 2.46. The van der Waals surface area contributed by atoms with Crippen LogP contribution in [0.5, 0.6) is 0 Å². The maximum Gasteiger partial charge on any atom is 0.411 e. The molecule has 0 aliphatic carbocycles. The van der Waals surface area contributed by atoms with Crippen LogP contribution in [0.15, 0.2) is 97.6 Å². The third-order valence-corrected chi connectivity index (χ3v) is 6.40. The lowest BCUT2D eigenvalue weighted by Gasteiger charge is -2.24. The van der Waals surface area contributed by atoms with Gasteiger partial charge in [-0.15, -0.1) is 0 Å². The minimum Gasteiger partial charge on any atom is -0.438 e. The summed E-state index contributed by atoms with van der Waals surface area (Å²) in [4.78, 5) is 48.6. The summed E-state index contributed by atoms with van der Waals surface area (Å²) in [5, 5.41) is 5.75. The van der Waals surface area contributed by atoms with Crippen molar-refractivity contribution in [1.29, 1.82) is 0 Å². The van der Waals surface area contributed by atoms with Crippen LogP contribution in [0, 0.1) is 6.92 Å². The van der Waals surface area contributed by atoms with Gasteiger partial charge in [0.05, 0.1) is 12.1 Å². The molecule has 9 heteroatoms. The summed E-state index contributed by atoms with van der Waals surface area (Å²) in [7, 11) is 0. The van der Waals surface area contributed by atoms with Gasteiger partial charge in [0.2, 0.25) is 5.91 Å². The smallest absolute Gasteiger partial charge is 0.411 e. The van der Waals surface area contributed by atoms with Crippen LogP contribution in [-0.4, -0.2) is 38.8 Å². The second-order valence-electron chi connectivity index (χ2n) is 9.26. The Bertz CT molecular complexity index is 1460. The molecule has 196 valence electrons. The average molecular weight is 522 g/mol. The summed E-state index contributed by atoms with van der Waals surface area (Å²) in [6.45, 7) is 2.46. The molecule has 3 amide bonds. The summed E-state index contributed by atoms with van der Waals surface area (Å²) in [5.74, 6) is -0.628. The number of rotatable bonds is 8. The van der Waals surface area contributed by atoms with Gasteiger partial charge < -0.3 is 15.4 Å². The molecule has 4 aromatic rings. The van der Waals surface area contributed by atoms with Gasteiger partial charge in [-0.25, -0.2) is 4.79 Å². The molecule has 0 spiro atoms. The van der Waals surface area contributed by atoms with E-state index in [9.17, 15) is 14.4 Å². The molecule has 1 aliphatic rings. The Morgan fingerprint density at radius 2 is 1.67 bits per heavy atom. The Morgan fingerprint density at radius 3 is 2.36 bits per heavy atom. The van der Waals surface area contributed by atoms with Crippen molar-refractivity contribution in [2.45, 2.75) is 32.2 Å². The van der Waals surface area contributed by atoms with E-state index < -0.39 is 18.2 Å². The van der Waals surface area contributed by atoms with Crippen LogP contribution in [0.4, 0.5) is 10.5 Å². The first-order valence-electron chi connectivity index (χ1n) is 12.5. The Hall–Kier alpha value is -5.05. The monoisotopic (exact) mass is 521 g/mol. The number of benzene rings is 2. The molecule has 39 heavy (non-hydrogen) atoms. The van der Waals surface area contributed by atoms with E-state index in [0.717, 1.165) is 16.7 Å². The molecule has 1 fully saturated rings. The average Bonchev–Trinajstić information content (AvgIpc) is 3.28. The van der Waals surface area contributed by atoms with E-state index >= 15 is 0 Å². The van der Waals surface area contributed by atoms with Crippen LogP contribution >= 0.6 is 0 Å². The van der Waals surface area contributed by atoms with Crippen molar-refractivity contribution in [3.63, 3.8) is 0 Å². The molecule has 0 unspecified atom stereocenters. The number of carbonyl (C=O) groups excluding carboxylic acids is 3. The second-order valence-corrected chi connectivity index (χ2v) is 9.26. The Kier molecular flexibility index (Phi) is 7.58. The molecule has 2 atom stereocenters. The van der Waals surface area contributed by atoms with E-state index in [2.05, 4.69) is 20.6 Å². The van der Waals surface area contributed by atoms with Crippen LogP contribution in [0.2, 0.25) is 0 Å². The highest BCUT2D eigenvalue weighted by molar-refractivity contribution is 6.04. The Morgan fingerprint density at radius 1 is 0.923 bits per heavy atom. The fourth-order valence-corrected chi connectivity index (χ4v) is 4.47. The maximum atomic E-state index is 13.5. The molecule has 1 saturated heterocycles. The number of anilines is 1. The highest BCUT2D eigenvalue weighted by Crippen LogP contribution is 2.34. The van der Waals surface area contributed by atoms with Gasteiger partial charge >= 0.3 is 6.09 Å². The van der Waals surface area contributed by atoms with Gasteiger partial charge in [0, 0.05) is 37.0 Å². The molecule has 3 heterocycles. The van der Waals surface area contributed by atoms with Crippen LogP contribution in [0.3, 0.4) is 0 Å². The Labute approximate surface area is 225 Å². The number of pyridine rings is 2. The van der Waals surface area contributed by atoms with E-state index in [1.165, 1.54) is 11.1 Å². The first-order chi connectivity index (χ1) is 19.0. The van der Waals surface area contributed by atoms with Crippen molar-refractivity contribution in [2.75, 3.05) is 5.32 Å². The minimum absolute atomic E-state index is 0.223. The number of aryl methyl sites for hydroxylation is 1. The molecule has 9 nitrogen and oxygen atoms in total. The van der Waals surface area contributed by atoms with E-state index in [4.69, 9.17) is 4.74 Å². The zero-order valence-electron chi connectivity index (χ0n) is 21.3. The lowest BCUT2D eigenvalue weighted by molar-refractivity contribution is -0.126. The molecule has 5 rings (SSSR count). The third kappa shape index (κ3) is 6.10. The molecule has 2 aromatic carbocycles. The van der Waals surface area contributed by atoms with Crippen molar-refractivity contribution in [3.8, 4) is 0 Å². The fraction of sp³-hybridized carbons (Fsp3) is 0.167. The molecule has 0 radical (unpaired) electrons. The summed E-state index contributed by atoms with van der Waals surface area (Å²) in [6, 6.07) is 20.8. The van der Waals surface area contributed by atoms with Gasteiger partial charge in [0.25, 0.3) is 5.91 Å². The van der Waals surface area contributed by atoms with Crippen molar-refractivity contribution < 1.29 is 19.1 Å². The van der Waals surface area contributed by atoms with Crippen molar-refractivity contribution in [1.82, 2.24) is 20.2 Å². The minimum atomic E-state index is -0.898. The number of nitrogens with one attached hydrogen (secondary N) is 2. The van der Waals surface area contributed by atoms with E-state index in [1.54, 1.807) is 61.1 Å². The maximum absolute atomic E-state index is 13.5. The summed E-state index contributed by atoms with van der Waals surface area (Å²) in [6.07, 6.45) is 5.02. The number of aromatic nitrogens is 2. The van der Waals surface area contributed by atoms with Gasteiger partial charge in [0.15, 0.2) is 12.1 Å². The van der Waals surface area contributed by atoms with Gasteiger partial charge in [-0.3, -0.25) is 24.5 Å². The highest BCUT2D eigenvalue weighted by atomic mass is 16.6. The van der Waals surface area contributed by atoms with Gasteiger partial charge in [-0.1, -0.05) is 48.0 Å². The molecule has 1 aliphatic heterocycles. The molecule has 2 aromatic heterocycles. The first kappa shape index (κ1) is 25.6. The lowest BCUT2D eigenvalue weighted by atomic mass is 10.00. The second kappa shape index (κ2) is 11.6. The summed E-state index contributed by atoms with van der Waals surface area (Å²) in [5.41, 5.74) is 4.42. The van der Waals surface area contributed by atoms with Crippen molar-refractivity contribution in [2.24, 2.45) is 0 Å². The van der Waals surface area contributed by atoms with Gasteiger partial charge in [-0.05, 0) is 53.9 Å². The topological polar surface area (TPSA) is 114 Å². The number of hydrogen-bond donors (Lipinski definition) is 2. The van der Waals surface area contributed by atoms with Crippen molar-refractivity contribution >= 4 is 23.6 Å². The van der Waals surface area contributed by atoms with Crippen LogP contribution in [0.1, 0.15) is 38.7 Å². The zero-order valence-corrected chi connectivity index (χ0v) is 21.3.